The van der Waals surface area contributed by atoms with Gasteiger partial charge in [-0.25, -0.2) is 0 Å². The summed E-state index contributed by atoms with van der Waals surface area (Å²) >= 11 is 3.50. The van der Waals surface area contributed by atoms with Crippen LogP contribution in [0.1, 0.15) is 18.4 Å². The van der Waals surface area contributed by atoms with Crippen LogP contribution >= 0.6 is 15.9 Å². The van der Waals surface area contributed by atoms with Crippen LogP contribution in [0.2, 0.25) is 0 Å². The molecule has 0 spiro atoms. The summed E-state index contributed by atoms with van der Waals surface area (Å²) in [7, 11) is 3.91. The summed E-state index contributed by atoms with van der Waals surface area (Å²) < 4.78 is 1.06. The van der Waals surface area contributed by atoms with Crippen LogP contribution in [0.25, 0.3) is 0 Å². The standard InChI is InChI=1S/C15H22BrN3O/c1-17-10-12-9-13(16)5-6-14(12)18(2)11-15(20)19-7-3-4-8-19/h5-6,9,17H,3-4,7-8,10-11H2,1-2H3. The first-order valence-electron chi connectivity index (χ1n) is 7.03. The monoisotopic (exact) mass is 339 g/mol. The lowest BCUT2D eigenvalue weighted by Gasteiger charge is -2.25. The number of nitrogens with zero attached hydrogens (tertiary/aromatic N) is 2. The Kier molecular flexibility index (Phi) is 5.43. The van der Waals surface area contributed by atoms with Crippen molar-refractivity contribution in [1.82, 2.24) is 10.2 Å². The van der Waals surface area contributed by atoms with Gasteiger partial charge < -0.3 is 15.1 Å². The van der Waals surface area contributed by atoms with E-state index in [1.54, 1.807) is 0 Å². The number of rotatable bonds is 5. The SMILES string of the molecule is CNCc1cc(Br)ccc1N(C)CC(=O)N1CCCC1. The fourth-order valence-electron chi connectivity index (χ4n) is 2.61. The molecule has 0 aromatic heterocycles. The first-order chi connectivity index (χ1) is 9.61. The number of likely N-dealkylation sites (tertiary alicyclic amines) is 1. The predicted octanol–water partition coefficient (Wildman–Crippen LogP) is 2.23. The molecule has 1 aromatic carbocycles. The summed E-state index contributed by atoms with van der Waals surface area (Å²) in [6, 6.07) is 6.18. The fraction of sp³-hybridized carbons (Fsp3) is 0.533. The van der Waals surface area contributed by atoms with Crippen molar-refractivity contribution in [3.8, 4) is 0 Å². The molecule has 0 bridgehead atoms. The highest BCUT2D eigenvalue weighted by Gasteiger charge is 2.20. The van der Waals surface area contributed by atoms with Crippen LogP contribution in [0, 0.1) is 0 Å². The number of likely N-dealkylation sites (N-methyl/N-ethyl adjacent to an activating group) is 1. The number of anilines is 1. The zero-order valence-corrected chi connectivity index (χ0v) is 13.7. The molecule has 0 atom stereocenters. The average Bonchev–Trinajstić information content (AvgIpc) is 2.93. The summed E-state index contributed by atoms with van der Waals surface area (Å²) in [5, 5.41) is 3.17. The molecule has 0 saturated carbocycles. The van der Waals surface area contributed by atoms with Crippen molar-refractivity contribution in [2.24, 2.45) is 0 Å². The van der Waals surface area contributed by atoms with Crippen LogP contribution in [0.5, 0.6) is 0 Å². The summed E-state index contributed by atoms with van der Waals surface area (Å²) in [5.74, 6) is 0.225. The Hall–Kier alpha value is -1.07. The molecule has 0 unspecified atom stereocenters. The highest BCUT2D eigenvalue weighted by Crippen LogP contribution is 2.24. The number of carbonyl (C=O) groups is 1. The van der Waals surface area contributed by atoms with E-state index in [2.05, 4.69) is 33.4 Å². The molecule has 1 aromatic rings. The zero-order chi connectivity index (χ0) is 14.5. The number of carbonyl (C=O) groups excluding carboxylic acids is 1. The second-order valence-electron chi connectivity index (χ2n) is 5.25. The van der Waals surface area contributed by atoms with Gasteiger partial charge in [0.2, 0.25) is 5.91 Å². The van der Waals surface area contributed by atoms with E-state index in [1.807, 2.05) is 30.0 Å². The van der Waals surface area contributed by atoms with Gasteiger partial charge in [-0.05, 0) is 43.7 Å². The van der Waals surface area contributed by atoms with Crippen LogP contribution in [0.4, 0.5) is 5.69 Å². The Balaban J connectivity index is 2.07. The molecule has 110 valence electrons. The van der Waals surface area contributed by atoms with Gasteiger partial charge in [0, 0.05) is 36.8 Å². The minimum absolute atomic E-state index is 0.225. The highest BCUT2D eigenvalue weighted by atomic mass is 79.9. The summed E-state index contributed by atoms with van der Waals surface area (Å²) in [6.07, 6.45) is 2.28. The largest absolute Gasteiger partial charge is 0.365 e. The predicted molar refractivity (Wildman–Crippen MR) is 86.0 cm³/mol. The Morgan fingerprint density at radius 1 is 1.40 bits per heavy atom. The fourth-order valence-corrected chi connectivity index (χ4v) is 3.02. The molecular weight excluding hydrogens is 318 g/mol. The van der Waals surface area contributed by atoms with Crippen molar-refractivity contribution in [2.45, 2.75) is 19.4 Å². The molecule has 0 aliphatic carbocycles. The lowest BCUT2D eigenvalue weighted by molar-refractivity contribution is -0.128. The van der Waals surface area contributed by atoms with Crippen LogP contribution < -0.4 is 10.2 Å². The van der Waals surface area contributed by atoms with Gasteiger partial charge in [-0.3, -0.25) is 4.79 Å². The average molecular weight is 340 g/mol. The van der Waals surface area contributed by atoms with Crippen LogP contribution in [-0.2, 0) is 11.3 Å². The second-order valence-corrected chi connectivity index (χ2v) is 6.16. The van der Waals surface area contributed by atoms with Crippen molar-refractivity contribution in [3.63, 3.8) is 0 Å². The molecule has 20 heavy (non-hydrogen) atoms. The van der Waals surface area contributed by atoms with E-state index in [-0.39, 0.29) is 5.91 Å². The molecule has 0 radical (unpaired) electrons. The van der Waals surface area contributed by atoms with Crippen LogP contribution in [0.15, 0.2) is 22.7 Å². The minimum Gasteiger partial charge on any atom is -0.365 e. The van der Waals surface area contributed by atoms with Gasteiger partial charge in [-0.1, -0.05) is 15.9 Å². The summed E-state index contributed by atoms with van der Waals surface area (Å²) in [4.78, 5) is 16.2. The zero-order valence-electron chi connectivity index (χ0n) is 12.2. The number of benzene rings is 1. The third-order valence-corrected chi connectivity index (χ3v) is 4.14. The Morgan fingerprint density at radius 3 is 2.75 bits per heavy atom. The second kappa shape index (κ2) is 7.09. The van der Waals surface area contributed by atoms with E-state index in [4.69, 9.17) is 0 Å². The van der Waals surface area contributed by atoms with Crippen molar-refractivity contribution < 1.29 is 4.79 Å². The molecule has 5 heteroatoms. The maximum atomic E-state index is 12.2. The smallest absolute Gasteiger partial charge is 0.242 e. The maximum absolute atomic E-state index is 12.2. The van der Waals surface area contributed by atoms with Crippen molar-refractivity contribution in [1.29, 1.82) is 0 Å². The molecular formula is C15H22BrN3O. The molecule has 1 saturated heterocycles. The van der Waals surface area contributed by atoms with Gasteiger partial charge >= 0.3 is 0 Å². The number of hydrogen-bond donors (Lipinski definition) is 1. The Morgan fingerprint density at radius 2 is 2.10 bits per heavy atom. The van der Waals surface area contributed by atoms with Crippen molar-refractivity contribution in [3.05, 3.63) is 28.2 Å². The van der Waals surface area contributed by atoms with E-state index in [9.17, 15) is 4.79 Å². The normalized spacial score (nSPS) is 14.7. The first kappa shape index (κ1) is 15.3. The van der Waals surface area contributed by atoms with Gasteiger partial charge in [0.15, 0.2) is 0 Å². The van der Waals surface area contributed by atoms with Crippen molar-refractivity contribution in [2.75, 3.05) is 38.6 Å². The van der Waals surface area contributed by atoms with Gasteiger partial charge in [-0.2, -0.15) is 0 Å². The van der Waals surface area contributed by atoms with Gasteiger partial charge in [0.25, 0.3) is 0 Å². The first-order valence-corrected chi connectivity index (χ1v) is 7.83. The molecule has 1 N–H and O–H groups in total. The lowest BCUT2D eigenvalue weighted by atomic mass is 10.1. The molecule has 1 amide bonds. The molecule has 1 aliphatic heterocycles. The van der Waals surface area contributed by atoms with Gasteiger partial charge in [0.05, 0.1) is 6.54 Å². The van der Waals surface area contributed by atoms with E-state index in [0.717, 1.165) is 42.6 Å². The third-order valence-electron chi connectivity index (χ3n) is 3.65. The number of hydrogen-bond acceptors (Lipinski definition) is 3. The van der Waals surface area contributed by atoms with E-state index >= 15 is 0 Å². The summed E-state index contributed by atoms with van der Waals surface area (Å²) in [6.45, 7) is 3.06. The number of halogens is 1. The highest BCUT2D eigenvalue weighted by molar-refractivity contribution is 9.10. The minimum atomic E-state index is 0.225. The molecule has 4 nitrogen and oxygen atoms in total. The van der Waals surface area contributed by atoms with E-state index < -0.39 is 0 Å². The van der Waals surface area contributed by atoms with E-state index in [0.29, 0.717) is 6.54 Å². The topological polar surface area (TPSA) is 35.6 Å². The van der Waals surface area contributed by atoms with Crippen LogP contribution in [0.3, 0.4) is 0 Å². The Bertz CT molecular complexity index is 472. The molecule has 1 aliphatic rings. The lowest BCUT2D eigenvalue weighted by Crippen LogP contribution is -2.37. The third kappa shape index (κ3) is 3.73. The maximum Gasteiger partial charge on any atom is 0.242 e. The Labute approximate surface area is 129 Å². The number of amides is 1. The van der Waals surface area contributed by atoms with Gasteiger partial charge in [0.1, 0.15) is 0 Å². The van der Waals surface area contributed by atoms with Crippen LogP contribution in [-0.4, -0.2) is 44.5 Å². The summed E-state index contributed by atoms with van der Waals surface area (Å²) in [5.41, 5.74) is 2.30. The van der Waals surface area contributed by atoms with Gasteiger partial charge in [-0.15, -0.1) is 0 Å². The number of nitrogens with one attached hydrogen (secondary N) is 1. The molecule has 1 fully saturated rings. The van der Waals surface area contributed by atoms with E-state index in [1.165, 1.54) is 5.56 Å². The molecule has 2 rings (SSSR count). The molecule has 1 heterocycles. The van der Waals surface area contributed by atoms with Crippen molar-refractivity contribution >= 4 is 27.5 Å². The quantitative estimate of drug-likeness (QED) is 0.893.